The van der Waals surface area contributed by atoms with Gasteiger partial charge in [-0.1, -0.05) is 23.2 Å². The largest absolute Gasteiger partial charge is 0.309 e. The maximum absolute atomic E-state index is 12.7. The Bertz CT molecular complexity index is 745. The predicted molar refractivity (Wildman–Crippen MR) is 91.2 cm³/mol. The molecule has 116 valence electrons. The summed E-state index contributed by atoms with van der Waals surface area (Å²) >= 11 is 14.0. The zero-order chi connectivity index (χ0) is 15.9. The van der Waals surface area contributed by atoms with Crippen molar-refractivity contribution in [3.63, 3.8) is 0 Å². The number of aryl methyl sites for hydroxylation is 1. The van der Waals surface area contributed by atoms with Crippen molar-refractivity contribution in [2.75, 3.05) is 17.2 Å². The quantitative estimate of drug-likeness (QED) is 0.818. The highest BCUT2D eigenvalue weighted by molar-refractivity contribution is 7.99. The Balaban J connectivity index is 1.87. The van der Waals surface area contributed by atoms with E-state index in [1.165, 1.54) is 0 Å². The molecule has 1 aliphatic rings. The van der Waals surface area contributed by atoms with Crippen molar-refractivity contribution in [1.29, 1.82) is 0 Å². The Morgan fingerprint density at radius 3 is 2.82 bits per heavy atom. The van der Waals surface area contributed by atoms with E-state index < -0.39 is 0 Å². The second kappa shape index (κ2) is 6.14. The van der Waals surface area contributed by atoms with E-state index in [2.05, 4.69) is 5.10 Å². The van der Waals surface area contributed by atoms with Gasteiger partial charge in [-0.05, 0) is 32.0 Å². The van der Waals surface area contributed by atoms with Gasteiger partial charge in [0.1, 0.15) is 6.54 Å². The van der Waals surface area contributed by atoms with Crippen LogP contribution in [0.2, 0.25) is 10.0 Å². The van der Waals surface area contributed by atoms with E-state index in [9.17, 15) is 4.79 Å². The number of rotatable bonds is 2. The second-order valence-electron chi connectivity index (χ2n) is 5.15. The summed E-state index contributed by atoms with van der Waals surface area (Å²) < 4.78 is 1.66. The maximum atomic E-state index is 12.7. The van der Waals surface area contributed by atoms with Crippen LogP contribution in [-0.4, -0.2) is 28.0 Å². The first-order valence-corrected chi connectivity index (χ1v) is 8.63. The van der Waals surface area contributed by atoms with Crippen LogP contribution in [0.3, 0.4) is 0 Å². The van der Waals surface area contributed by atoms with Crippen LogP contribution in [0.25, 0.3) is 0 Å². The number of carbonyl (C=O) groups is 1. The fourth-order valence-electron chi connectivity index (χ4n) is 2.49. The van der Waals surface area contributed by atoms with Gasteiger partial charge in [-0.25, -0.2) is 0 Å². The summed E-state index contributed by atoms with van der Waals surface area (Å²) in [5.41, 5.74) is 2.43. The lowest BCUT2D eigenvalue weighted by atomic mass is 10.2. The number of carbonyl (C=O) groups excluding carboxylic acids is 1. The molecule has 0 atom stereocenters. The SMILES string of the molecule is Cc1nn(CC(=O)N2CCSc3ccc(Cl)cc32)c(C)c1Cl. The molecular formula is C15H15Cl2N3OS. The second-order valence-corrected chi connectivity index (χ2v) is 7.10. The van der Waals surface area contributed by atoms with Crippen molar-refractivity contribution in [2.45, 2.75) is 25.3 Å². The number of nitrogens with zero attached hydrogens (tertiary/aromatic N) is 3. The van der Waals surface area contributed by atoms with Crippen molar-refractivity contribution in [3.8, 4) is 0 Å². The van der Waals surface area contributed by atoms with E-state index in [0.717, 1.165) is 27.7 Å². The van der Waals surface area contributed by atoms with Gasteiger partial charge in [0.15, 0.2) is 0 Å². The van der Waals surface area contributed by atoms with Gasteiger partial charge in [0.2, 0.25) is 5.91 Å². The highest BCUT2D eigenvalue weighted by Crippen LogP contribution is 2.36. The van der Waals surface area contributed by atoms with Crippen LogP contribution in [0.15, 0.2) is 23.1 Å². The number of anilines is 1. The molecule has 2 aromatic rings. The van der Waals surface area contributed by atoms with Crippen molar-refractivity contribution < 1.29 is 4.79 Å². The lowest BCUT2D eigenvalue weighted by molar-refractivity contribution is -0.119. The van der Waals surface area contributed by atoms with Crippen molar-refractivity contribution in [2.24, 2.45) is 0 Å². The molecule has 0 unspecified atom stereocenters. The third kappa shape index (κ3) is 2.85. The molecular weight excluding hydrogens is 341 g/mol. The Hall–Kier alpha value is -1.17. The minimum atomic E-state index is -0.00826. The number of benzene rings is 1. The van der Waals surface area contributed by atoms with Gasteiger partial charge in [-0.15, -0.1) is 11.8 Å². The van der Waals surface area contributed by atoms with Crippen LogP contribution in [0.4, 0.5) is 5.69 Å². The monoisotopic (exact) mass is 355 g/mol. The number of halogens is 2. The molecule has 0 saturated heterocycles. The zero-order valence-corrected chi connectivity index (χ0v) is 14.6. The van der Waals surface area contributed by atoms with Crippen LogP contribution >= 0.6 is 35.0 Å². The first-order chi connectivity index (χ1) is 10.5. The van der Waals surface area contributed by atoms with E-state index in [-0.39, 0.29) is 12.5 Å². The summed E-state index contributed by atoms with van der Waals surface area (Å²) in [5, 5.41) is 5.57. The number of hydrogen-bond acceptors (Lipinski definition) is 3. The molecule has 0 spiro atoms. The number of aromatic nitrogens is 2. The third-order valence-electron chi connectivity index (χ3n) is 3.66. The Morgan fingerprint density at radius 1 is 1.36 bits per heavy atom. The van der Waals surface area contributed by atoms with Gasteiger partial charge in [0, 0.05) is 22.2 Å². The Kier molecular flexibility index (Phi) is 4.39. The first-order valence-electron chi connectivity index (χ1n) is 6.89. The Labute approximate surface area is 143 Å². The molecule has 0 fully saturated rings. The van der Waals surface area contributed by atoms with E-state index in [1.54, 1.807) is 21.3 Å². The molecule has 0 N–H and O–H groups in total. The summed E-state index contributed by atoms with van der Waals surface area (Å²) in [5.74, 6) is 0.865. The van der Waals surface area contributed by atoms with Crippen molar-refractivity contribution in [3.05, 3.63) is 39.6 Å². The average molecular weight is 356 g/mol. The molecule has 0 aliphatic carbocycles. The number of thioether (sulfide) groups is 1. The normalized spacial score (nSPS) is 14.1. The lowest BCUT2D eigenvalue weighted by Crippen LogP contribution is -2.38. The highest BCUT2D eigenvalue weighted by Gasteiger charge is 2.24. The van der Waals surface area contributed by atoms with Gasteiger partial charge in [-0.2, -0.15) is 5.10 Å². The third-order valence-corrected chi connectivity index (χ3v) is 5.49. The molecule has 0 bridgehead atoms. The lowest BCUT2D eigenvalue weighted by Gasteiger charge is -2.29. The molecule has 1 aromatic carbocycles. The molecule has 2 heterocycles. The average Bonchev–Trinajstić information content (AvgIpc) is 2.73. The van der Waals surface area contributed by atoms with Gasteiger partial charge >= 0.3 is 0 Å². The minimum Gasteiger partial charge on any atom is -0.309 e. The van der Waals surface area contributed by atoms with Gasteiger partial charge in [-0.3, -0.25) is 9.48 Å². The fraction of sp³-hybridized carbons (Fsp3) is 0.333. The Morgan fingerprint density at radius 2 is 2.14 bits per heavy atom. The first kappa shape index (κ1) is 15.7. The molecule has 7 heteroatoms. The summed E-state index contributed by atoms with van der Waals surface area (Å²) in [6.07, 6.45) is 0. The van der Waals surface area contributed by atoms with E-state index in [1.807, 2.05) is 32.0 Å². The van der Waals surface area contributed by atoms with Crippen LogP contribution in [0, 0.1) is 13.8 Å². The van der Waals surface area contributed by atoms with Crippen LogP contribution in [0.5, 0.6) is 0 Å². The molecule has 3 rings (SSSR count). The zero-order valence-electron chi connectivity index (χ0n) is 12.3. The topological polar surface area (TPSA) is 38.1 Å². The van der Waals surface area contributed by atoms with Gasteiger partial charge < -0.3 is 4.90 Å². The minimum absolute atomic E-state index is 0.00826. The number of amides is 1. The molecule has 0 radical (unpaired) electrons. The number of hydrogen-bond donors (Lipinski definition) is 0. The molecule has 4 nitrogen and oxygen atoms in total. The molecule has 1 aliphatic heterocycles. The van der Waals surface area contributed by atoms with Crippen LogP contribution in [-0.2, 0) is 11.3 Å². The van der Waals surface area contributed by atoms with Crippen molar-refractivity contribution >= 4 is 46.6 Å². The maximum Gasteiger partial charge on any atom is 0.248 e. The van der Waals surface area contributed by atoms with Gasteiger partial charge in [0.25, 0.3) is 0 Å². The summed E-state index contributed by atoms with van der Waals surface area (Å²) in [4.78, 5) is 15.5. The van der Waals surface area contributed by atoms with Crippen LogP contribution < -0.4 is 4.90 Å². The summed E-state index contributed by atoms with van der Waals surface area (Å²) in [6.45, 7) is 4.55. The molecule has 1 aromatic heterocycles. The fourth-order valence-corrected chi connectivity index (χ4v) is 3.77. The molecule has 22 heavy (non-hydrogen) atoms. The van der Waals surface area contributed by atoms with E-state index >= 15 is 0 Å². The molecule has 0 saturated carbocycles. The highest BCUT2D eigenvalue weighted by atomic mass is 35.5. The molecule has 1 amide bonds. The van der Waals surface area contributed by atoms with Crippen molar-refractivity contribution in [1.82, 2.24) is 9.78 Å². The standard InChI is InChI=1S/C15H15Cl2N3OS/c1-9-15(17)10(2)20(18-9)8-14(21)19-5-6-22-13-4-3-11(16)7-12(13)19/h3-4,7H,5-6,8H2,1-2H3. The van der Waals surface area contributed by atoms with E-state index in [0.29, 0.717) is 16.6 Å². The van der Waals surface area contributed by atoms with Crippen LogP contribution in [0.1, 0.15) is 11.4 Å². The summed E-state index contributed by atoms with van der Waals surface area (Å²) in [6, 6.07) is 5.65. The predicted octanol–water partition coefficient (Wildman–Crippen LogP) is 3.95. The smallest absolute Gasteiger partial charge is 0.248 e. The van der Waals surface area contributed by atoms with E-state index in [4.69, 9.17) is 23.2 Å². The summed E-state index contributed by atoms with van der Waals surface area (Å²) in [7, 11) is 0. The van der Waals surface area contributed by atoms with Gasteiger partial charge in [0.05, 0.1) is 22.1 Å². The number of fused-ring (bicyclic) bond motifs is 1.